The number of carbonyl (C=O) groups excluding carboxylic acids is 3. The Morgan fingerprint density at radius 3 is 1.77 bits per heavy atom. The van der Waals surface area contributed by atoms with Crippen molar-refractivity contribution in [3.63, 3.8) is 0 Å². The highest BCUT2D eigenvalue weighted by molar-refractivity contribution is 5.91. The molecule has 2 saturated heterocycles. The van der Waals surface area contributed by atoms with Crippen LogP contribution in [0.2, 0.25) is 0 Å². The lowest BCUT2D eigenvalue weighted by Gasteiger charge is -2.22. The Labute approximate surface area is 342 Å². The van der Waals surface area contributed by atoms with E-state index in [-0.39, 0.29) is 64.5 Å². The van der Waals surface area contributed by atoms with Crippen molar-refractivity contribution >= 4 is 52.1 Å². The van der Waals surface area contributed by atoms with E-state index >= 15 is 0 Å². The third kappa shape index (κ3) is 9.21. The molecule has 6 heterocycles. The molecule has 0 saturated carbocycles. The lowest BCUT2D eigenvalue weighted by atomic mass is 10.1. The molecule has 22 heteroatoms. The van der Waals surface area contributed by atoms with E-state index in [2.05, 4.69) is 45.9 Å². The quantitative estimate of drug-likeness (QED) is 0.0932. The summed E-state index contributed by atoms with van der Waals surface area (Å²) in [4.78, 5) is 83.0. The lowest BCUT2D eigenvalue weighted by molar-refractivity contribution is -0.119. The van der Waals surface area contributed by atoms with Crippen LogP contribution in [0.1, 0.15) is 72.4 Å². The summed E-state index contributed by atoms with van der Waals surface area (Å²) in [6, 6.07) is 7.60. The average Bonchev–Trinajstić information content (AvgIpc) is 3.98. The number of amides is 3. The van der Waals surface area contributed by atoms with Crippen molar-refractivity contribution < 1.29 is 38.8 Å². The Morgan fingerprint density at radius 2 is 1.28 bits per heavy atom. The zero-order valence-corrected chi connectivity index (χ0v) is 33.9. The lowest BCUT2D eigenvalue weighted by Crippen LogP contribution is -2.46. The Hall–Kier alpha value is -6.07. The van der Waals surface area contributed by atoms with Gasteiger partial charge in [0.25, 0.3) is 11.1 Å². The minimum Gasteiger partial charge on any atom is -0.445 e. The molecule has 8 atom stereocenters. The summed E-state index contributed by atoms with van der Waals surface area (Å²) in [6.07, 6.45) is -1.39. The summed E-state index contributed by atoms with van der Waals surface area (Å²) in [5.74, 6) is -1.20. The van der Waals surface area contributed by atoms with E-state index in [1.165, 1.54) is 21.8 Å². The molecule has 0 bridgehead atoms. The number of hydrogen-bond donors (Lipinski definition) is 8. The number of benzene rings is 1. The molecule has 22 nitrogen and oxygen atoms in total. The van der Waals surface area contributed by atoms with Crippen LogP contribution in [-0.4, -0.2) is 104 Å². The highest BCUT2D eigenvalue weighted by atomic mass is 16.6. The number of aromatic nitrogens is 8. The van der Waals surface area contributed by atoms with E-state index in [9.17, 15) is 34.2 Å². The number of alkyl carbamates (subject to hydrolysis) is 1. The Balaban J connectivity index is 0.000000213. The smallest absolute Gasteiger partial charge is 0.407 e. The summed E-state index contributed by atoms with van der Waals surface area (Å²) < 4.78 is 20.1. The number of anilines is 2. The minimum absolute atomic E-state index is 0.0241. The van der Waals surface area contributed by atoms with Crippen molar-refractivity contribution in [1.82, 2.24) is 44.4 Å². The highest BCUT2D eigenvalue weighted by Crippen LogP contribution is 2.33. The van der Waals surface area contributed by atoms with Crippen LogP contribution in [0.15, 0.2) is 52.6 Å². The molecule has 3 amide bonds. The number of nitrogens with one attached hydrogen (secondary N) is 5. The SMILES string of the molecule is CC[C@H]1O[C@@H](n2cnc3c(=O)[nH]c(NC(=O)C(C)C)nc32)[C@H](N)[C@@H]1O.CC[C@H]1O[C@@H](n2cnc3c(=O)[nH]c(NC(=O)C(C)C)nc32)[C@H](NC(=O)OCc2ccccc2)[C@@H]1O. The van der Waals surface area contributed by atoms with Gasteiger partial charge < -0.3 is 35.5 Å². The van der Waals surface area contributed by atoms with Crippen molar-refractivity contribution in [3.8, 4) is 0 Å². The van der Waals surface area contributed by atoms with Crippen LogP contribution in [0.4, 0.5) is 16.7 Å². The second-order valence-corrected chi connectivity index (χ2v) is 15.0. The van der Waals surface area contributed by atoms with Crippen molar-refractivity contribution in [2.75, 3.05) is 10.6 Å². The van der Waals surface area contributed by atoms with Crippen LogP contribution in [0.5, 0.6) is 0 Å². The van der Waals surface area contributed by atoms with Crippen LogP contribution in [-0.2, 0) is 30.4 Å². The Morgan fingerprint density at radius 1 is 0.800 bits per heavy atom. The van der Waals surface area contributed by atoms with Gasteiger partial charge in [0.2, 0.25) is 23.7 Å². The number of H-pyrrole nitrogens is 2. The van der Waals surface area contributed by atoms with Gasteiger partial charge in [-0.25, -0.2) is 14.8 Å². The van der Waals surface area contributed by atoms with E-state index < -0.39 is 66.2 Å². The molecule has 322 valence electrons. The molecule has 2 aliphatic rings. The fourth-order valence-electron chi connectivity index (χ4n) is 6.60. The Kier molecular flexibility index (Phi) is 13.4. The number of aliphatic hydroxyl groups excluding tert-OH is 2. The molecule has 2 aliphatic heterocycles. The van der Waals surface area contributed by atoms with Gasteiger partial charge in [0.05, 0.1) is 37.0 Å². The number of aliphatic hydroxyl groups is 2. The number of nitrogens with two attached hydrogens (primary N) is 1. The molecule has 60 heavy (non-hydrogen) atoms. The van der Waals surface area contributed by atoms with Crippen LogP contribution in [0, 0.1) is 11.8 Å². The number of fused-ring (bicyclic) bond motifs is 2. The number of ether oxygens (including phenoxy) is 3. The number of rotatable bonds is 11. The summed E-state index contributed by atoms with van der Waals surface area (Å²) in [5.41, 5.74) is 6.33. The second kappa shape index (κ2) is 18.5. The van der Waals surface area contributed by atoms with Gasteiger partial charge in [0, 0.05) is 11.8 Å². The largest absolute Gasteiger partial charge is 0.445 e. The second-order valence-electron chi connectivity index (χ2n) is 15.0. The topological polar surface area (TPSA) is 309 Å². The van der Waals surface area contributed by atoms with Crippen molar-refractivity contribution in [2.45, 2.75) is 110 Å². The van der Waals surface area contributed by atoms with Gasteiger partial charge in [-0.2, -0.15) is 9.97 Å². The maximum absolute atomic E-state index is 12.5. The summed E-state index contributed by atoms with van der Waals surface area (Å²) in [6.45, 7) is 10.7. The minimum atomic E-state index is -1.05. The standard InChI is InChI=1S/C23H28N6O6.C15H22N6O4/c1-4-14-17(30)15(25-23(33)34-10-13-8-6-5-7-9-13)21(35-14)29-11-24-16-18(29)26-22(28-20(16)32)27-19(31)12(2)3;1-4-7-10(22)8(16)14(25-7)21-5-17-9-11(21)18-15(20-13(9)24)19-12(23)6(2)3/h5-9,11-12,14-15,17,21,30H,4,10H2,1-3H3,(H,25,33)(H2,26,27,28,31,32);5-8,10,14,22H,4,16H2,1-3H3,(H2,18,19,20,23,24)/t14-,15-,17-,21-;7-,8-,10-,14-/m11/s1. The first kappa shape index (κ1) is 43.5. The molecule has 7 rings (SSSR count). The van der Waals surface area contributed by atoms with Gasteiger partial charge in [-0.15, -0.1) is 0 Å². The first-order valence-corrected chi connectivity index (χ1v) is 19.6. The third-order valence-corrected chi connectivity index (χ3v) is 10.0. The molecule has 9 N–H and O–H groups in total. The van der Waals surface area contributed by atoms with Gasteiger partial charge in [-0.1, -0.05) is 71.9 Å². The third-order valence-electron chi connectivity index (χ3n) is 10.0. The summed E-state index contributed by atoms with van der Waals surface area (Å²) in [7, 11) is 0. The van der Waals surface area contributed by atoms with Gasteiger partial charge in [-0.05, 0) is 18.4 Å². The molecular formula is C38H50N12O10. The molecule has 0 unspecified atom stereocenters. The van der Waals surface area contributed by atoms with Crippen molar-refractivity contribution in [3.05, 3.63) is 69.3 Å². The maximum atomic E-state index is 12.5. The van der Waals surface area contributed by atoms with E-state index in [4.69, 9.17) is 19.9 Å². The zero-order valence-electron chi connectivity index (χ0n) is 33.9. The fraction of sp³-hybridized carbons (Fsp3) is 0.500. The fourth-order valence-corrected chi connectivity index (χ4v) is 6.60. The van der Waals surface area contributed by atoms with Crippen LogP contribution in [0.25, 0.3) is 22.3 Å². The van der Waals surface area contributed by atoms with Crippen molar-refractivity contribution in [2.24, 2.45) is 17.6 Å². The number of carbonyl (C=O) groups is 3. The maximum Gasteiger partial charge on any atom is 0.407 e. The molecule has 0 radical (unpaired) electrons. The van der Waals surface area contributed by atoms with Crippen LogP contribution in [0.3, 0.4) is 0 Å². The van der Waals surface area contributed by atoms with Crippen LogP contribution < -0.4 is 32.8 Å². The molecule has 0 spiro atoms. The first-order valence-electron chi connectivity index (χ1n) is 19.6. The van der Waals surface area contributed by atoms with E-state index in [0.717, 1.165) is 5.56 Å². The number of aromatic amines is 2. The first-order chi connectivity index (χ1) is 28.6. The van der Waals surface area contributed by atoms with Gasteiger partial charge >= 0.3 is 6.09 Å². The van der Waals surface area contributed by atoms with Crippen molar-refractivity contribution in [1.29, 1.82) is 0 Å². The predicted molar refractivity (Wildman–Crippen MR) is 215 cm³/mol. The Bertz CT molecular complexity index is 2430. The number of imidazole rings is 2. The molecule has 0 aliphatic carbocycles. The van der Waals surface area contributed by atoms with E-state index in [1.807, 2.05) is 44.2 Å². The normalized spacial score (nSPS) is 23.8. The van der Waals surface area contributed by atoms with E-state index in [0.29, 0.717) is 12.8 Å². The van der Waals surface area contributed by atoms with Gasteiger partial charge in [-0.3, -0.25) is 48.9 Å². The monoisotopic (exact) mass is 834 g/mol. The van der Waals surface area contributed by atoms with Gasteiger partial charge in [0.15, 0.2) is 34.8 Å². The van der Waals surface area contributed by atoms with Gasteiger partial charge in [0.1, 0.15) is 18.8 Å². The van der Waals surface area contributed by atoms with Crippen LogP contribution >= 0.6 is 0 Å². The summed E-state index contributed by atoms with van der Waals surface area (Å²) in [5, 5.41) is 28.8. The molecule has 5 aromatic rings. The molecule has 2 fully saturated rings. The average molecular weight is 835 g/mol. The number of hydrogen-bond acceptors (Lipinski definition) is 15. The highest BCUT2D eigenvalue weighted by Gasteiger charge is 2.46. The zero-order chi connectivity index (χ0) is 43.4. The summed E-state index contributed by atoms with van der Waals surface area (Å²) >= 11 is 0. The predicted octanol–water partition coefficient (Wildman–Crippen LogP) is 1.39. The van der Waals surface area contributed by atoms with E-state index in [1.54, 1.807) is 27.7 Å². The molecule has 4 aromatic heterocycles. The number of nitrogens with zero attached hydrogens (tertiary/aromatic N) is 6. The molecule has 1 aromatic carbocycles. The molecular weight excluding hydrogens is 784 g/mol.